The molecule has 1 aromatic heterocycles. The lowest BCUT2D eigenvalue weighted by Gasteiger charge is -2.26. The van der Waals surface area contributed by atoms with Crippen LogP contribution in [-0.4, -0.2) is 33.5 Å². The number of nitrogens with zero attached hydrogens (tertiary/aromatic N) is 1. The standard InChI is InChI=1S/C17H23N2O7P/c1-3-16(19-10-9-15(21)18-17(19)22)25-14(12(2)20)11-24-27(23)26-13-7-5-4-6-8-13/h4-10,12,14,16,20,27H,3,11H2,1-2H3,(H,18,21,22)/t12-,14?,16+/m0/s1. The second-order valence-electron chi connectivity index (χ2n) is 5.77. The van der Waals surface area contributed by atoms with E-state index < -0.39 is 37.9 Å². The summed E-state index contributed by atoms with van der Waals surface area (Å²) >= 11 is 0. The largest absolute Gasteiger partial charge is 0.426 e. The fraction of sp³-hybridized carbons (Fsp3) is 0.412. The van der Waals surface area contributed by atoms with Gasteiger partial charge in [0.2, 0.25) is 0 Å². The first-order valence-corrected chi connectivity index (χ1v) is 9.67. The van der Waals surface area contributed by atoms with Crippen LogP contribution in [0.3, 0.4) is 0 Å². The lowest BCUT2D eigenvalue weighted by Crippen LogP contribution is -2.38. The molecular weight excluding hydrogens is 375 g/mol. The molecule has 1 heterocycles. The van der Waals surface area contributed by atoms with Gasteiger partial charge >= 0.3 is 13.9 Å². The normalized spacial score (nSPS) is 15.7. The Kier molecular flexibility index (Phi) is 7.99. The highest BCUT2D eigenvalue weighted by atomic mass is 31.1. The van der Waals surface area contributed by atoms with Crippen molar-refractivity contribution in [1.29, 1.82) is 0 Å². The molecule has 1 aromatic carbocycles. The van der Waals surface area contributed by atoms with Gasteiger partial charge in [-0.25, -0.2) is 9.36 Å². The van der Waals surface area contributed by atoms with Gasteiger partial charge < -0.3 is 14.4 Å². The summed E-state index contributed by atoms with van der Waals surface area (Å²) in [5.74, 6) is 0.405. The number of benzene rings is 1. The SMILES string of the molecule is CC[C@@H](OC(CO[PH](=O)Oc1ccccc1)[C@H](C)O)n1ccc(=O)[nH]c1=O. The molecule has 0 aliphatic carbocycles. The first kappa shape index (κ1) is 21.1. The summed E-state index contributed by atoms with van der Waals surface area (Å²) in [4.78, 5) is 25.3. The second kappa shape index (κ2) is 10.2. The van der Waals surface area contributed by atoms with Crippen molar-refractivity contribution >= 4 is 8.25 Å². The van der Waals surface area contributed by atoms with Crippen molar-refractivity contribution in [2.45, 2.75) is 38.7 Å². The number of rotatable bonds is 10. The number of para-hydroxylation sites is 1. The number of aromatic amines is 1. The van der Waals surface area contributed by atoms with Crippen LogP contribution >= 0.6 is 8.25 Å². The highest BCUT2D eigenvalue weighted by Gasteiger charge is 2.23. The van der Waals surface area contributed by atoms with E-state index in [0.29, 0.717) is 12.2 Å². The van der Waals surface area contributed by atoms with E-state index in [4.69, 9.17) is 13.8 Å². The van der Waals surface area contributed by atoms with Gasteiger partial charge in [-0.1, -0.05) is 25.1 Å². The van der Waals surface area contributed by atoms with Gasteiger partial charge in [-0.15, -0.1) is 0 Å². The molecule has 0 spiro atoms. The van der Waals surface area contributed by atoms with Crippen LogP contribution in [0.2, 0.25) is 0 Å². The summed E-state index contributed by atoms with van der Waals surface area (Å²) in [6.45, 7) is 3.08. The summed E-state index contributed by atoms with van der Waals surface area (Å²) in [6, 6.07) is 9.76. The van der Waals surface area contributed by atoms with Crippen molar-refractivity contribution in [3.05, 3.63) is 63.4 Å². The van der Waals surface area contributed by atoms with E-state index in [-0.39, 0.29) is 6.61 Å². The fourth-order valence-electron chi connectivity index (χ4n) is 2.27. The second-order valence-corrected chi connectivity index (χ2v) is 6.76. The van der Waals surface area contributed by atoms with Gasteiger partial charge in [0.25, 0.3) is 5.56 Å². The minimum absolute atomic E-state index is 0.198. The number of hydrogen-bond acceptors (Lipinski definition) is 7. The Hall–Kier alpha value is -2.19. The maximum Gasteiger partial charge on any atom is 0.367 e. The molecule has 0 amide bonds. The summed E-state index contributed by atoms with van der Waals surface area (Å²) in [5, 5.41) is 9.94. The lowest BCUT2D eigenvalue weighted by atomic mass is 10.2. The topological polar surface area (TPSA) is 120 Å². The van der Waals surface area contributed by atoms with Gasteiger partial charge in [0.05, 0.1) is 12.7 Å². The monoisotopic (exact) mass is 398 g/mol. The number of aliphatic hydroxyl groups excluding tert-OH is 1. The molecule has 0 saturated carbocycles. The molecule has 4 atom stereocenters. The minimum atomic E-state index is -2.85. The molecule has 0 radical (unpaired) electrons. The van der Waals surface area contributed by atoms with E-state index >= 15 is 0 Å². The van der Waals surface area contributed by atoms with Gasteiger partial charge in [0, 0.05) is 12.3 Å². The van der Waals surface area contributed by atoms with Gasteiger partial charge in [-0.05, 0) is 25.5 Å². The van der Waals surface area contributed by atoms with E-state index in [1.54, 1.807) is 37.3 Å². The van der Waals surface area contributed by atoms with Crippen LogP contribution in [0.25, 0.3) is 0 Å². The number of hydrogen-bond donors (Lipinski definition) is 2. The highest BCUT2D eigenvalue weighted by molar-refractivity contribution is 7.33. The van der Waals surface area contributed by atoms with Gasteiger partial charge in [-0.3, -0.25) is 18.9 Å². The Balaban J connectivity index is 2.00. The van der Waals surface area contributed by atoms with E-state index in [1.165, 1.54) is 23.8 Å². The molecule has 148 valence electrons. The van der Waals surface area contributed by atoms with Gasteiger partial charge in [0.1, 0.15) is 18.1 Å². The zero-order valence-corrected chi connectivity index (χ0v) is 16.0. The summed E-state index contributed by atoms with van der Waals surface area (Å²) in [6.07, 6.45) is -0.845. The predicted molar refractivity (Wildman–Crippen MR) is 99.2 cm³/mol. The molecule has 9 nitrogen and oxygen atoms in total. The first-order chi connectivity index (χ1) is 12.9. The molecule has 0 saturated heterocycles. The van der Waals surface area contributed by atoms with E-state index in [0.717, 1.165) is 0 Å². The van der Waals surface area contributed by atoms with Crippen LogP contribution < -0.4 is 15.8 Å². The minimum Gasteiger partial charge on any atom is -0.426 e. The zero-order chi connectivity index (χ0) is 19.8. The number of aromatic nitrogens is 2. The van der Waals surface area contributed by atoms with Crippen molar-refractivity contribution in [3.8, 4) is 5.75 Å². The third kappa shape index (κ3) is 6.48. The van der Waals surface area contributed by atoms with E-state index in [1.807, 2.05) is 0 Å². The van der Waals surface area contributed by atoms with Crippen LogP contribution in [-0.2, 0) is 13.8 Å². The Labute approximate surface area is 156 Å². The Bertz CT molecular complexity index is 850. The van der Waals surface area contributed by atoms with Crippen molar-refractivity contribution in [3.63, 3.8) is 0 Å². The third-order valence-corrected chi connectivity index (χ3v) is 4.50. The van der Waals surface area contributed by atoms with E-state index in [9.17, 15) is 19.3 Å². The van der Waals surface area contributed by atoms with Gasteiger partial charge in [-0.2, -0.15) is 0 Å². The molecular formula is C17H23N2O7P. The van der Waals surface area contributed by atoms with Crippen LogP contribution in [0.4, 0.5) is 0 Å². The Morgan fingerprint density at radius 3 is 2.52 bits per heavy atom. The highest BCUT2D eigenvalue weighted by Crippen LogP contribution is 2.28. The third-order valence-electron chi connectivity index (χ3n) is 3.69. The molecule has 2 aromatic rings. The predicted octanol–water partition coefficient (Wildman–Crippen LogP) is 1.70. The van der Waals surface area contributed by atoms with Crippen molar-refractivity contribution in [1.82, 2.24) is 9.55 Å². The van der Waals surface area contributed by atoms with Crippen molar-refractivity contribution in [2.75, 3.05) is 6.61 Å². The van der Waals surface area contributed by atoms with Crippen LogP contribution in [0, 0.1) is 0 Å². The molecule has 0 fully saturated rings. The average Bonchev–Trinajstić information content (AvgIpc) is 2.63. The zero-order valence-electron chi connectivity index (χ0n) is 15.0. The van der Waals surface area contributed by atoms with E-state index in [2.05, 4.69) is 4.98 Å². The fourth-order valence-corrected chi connectivity index (χ4v) is 2.96. The van der Waals surface area contributed by atoms with Crippen LogP contribution in [0.15, 0.2) is 52.2 Å². The van der Waals surface area contributed by atoms with Crippen molar-refractivity contribution in [2.24, 2.45) is 0 Å². The smallest absolute Gasteiger partial charge is 0.367 e. The molecule has 0 bridgehead atoms. The molecule has 10 heteroatoms. The van der Waals surface area contributed by atoms with Crippen LogP contribution in [0.5, 0.6) is 5.75 Å². The molecule has 2 N–H and O–H groups in total. The Morgan fingerprint density at radius 2 is 1.93 bits per heavy atom. The van der Waals surface area contributed by atoms with Crippen LogP contribution in [0.1, 0.15) is 26.5 Å². The number of aliphatic hydroxyl groups is 1. The molecule has 0 aliphatic rings. The first-order valence-electron chi connectivity index (χ1n) is 8.45. The summed E-state index contributed by atoms with van der Waals surface area (Å²) in [7, 11) is -2.85. The molecule has 27 heavy (non-hydrogen) atoms. The lowest BCUT2D eigenvalue weighted by molar-refractivity contribution is -0.117. The number of H-pyrrole nitrogens is 1. The Morgan fingerprint density at radius 1 is 1.22 bits per heavy atom. The molecule has 2 rings (SSSR count). The van der Waals surface area contributed by atoms with Crippen molar-refractivity contribution < 1.29 is 23.5 Å². The number of nitrogens with one attached hydrogen (secondary N) is 1. The summed E-state index contributed by atoms with van der Waals surface area (Å²) in [5.41, 5.74) is -1.14. The molecule has 2 unspecified atom stereocenters. The number of ether oxygens (including phenoxy) is 1. The maximum atomic E-state index is 12.0. The average molecular weight is 398 g/mol. The van der Waals surface area contributed by atoms with Gasteiger partial charge in [0.15, 0.2) is 0 Å². The molecule has 0 aliphatic heterocycles. The summed E-state index contributed by atoms with van der Waals surface area (Å²) < 4.78 is 29.3. The quantitative estimate of drug-likeness (QED) is 0.585. The maximum absolute atomic E-state index is 12.0.